The van der Waals surface area contributed by atoms with Gasteiger partial charge < -0.3 is 14.4 Å². The molecule has 138 valence electrons. The molecule has 1 aromatic heterocycles. The van der Waals surface area contributed by atoms with E-state index >= 15 is 0 Å². The number of aliphatic carboxylic acids is 1. The fraction of sp³-hybridized carbons (Fsp3) is 0.273. The van der Waals surface area contributed by atoms with Gasteiger partial charge in [0.1, 0.15) is 5.75 Å². The second-order valence-electron chi connectivity index (χ2n) is 7.03. The summed E-state index contributed by atoms with van der Waals surface area (Å²) in [7, 11) is 1.65. The molecule has 0 spiro atoms. The Kier molecular flexibility index (Phi) is 4.22. The van der Waals surface area contributed by atoms with E-state index < -0.39 is 5.97 Å². The van der Waals surface area contributed by atoms with E-state index in [1.165, 1.54) is 4.57 Å². The Labute approximate surface area is 156 Å². The highest BCUT2D eigenvalue weighted by Crippen LogP contribution is 2.37. The third-order valence-electron chi connectivity index (χ3n) is 5.27. The highest BCUT2D eigenvalue weighted by molar-refractivity contribution is 5.99. The number of aryl methyl sites for hydroxylation is 2. The number of benzene rings is 2. The lowest BCUT2D eigenvalue weighted by atomic mass is 9.90. The van der Waals surface area contributed by atoms with Gasteiger partial charge in [-0.05, 0) is 60.0 Å². The number of hydrogen-bond acceptors (Lipinski definition) is 3. The number of carboxylic acid groups (broad SMARTS) is 1. The lowest BCUT2D eigenvalue weighted by Gasteiger charge is -2.22. The second-order valence-corrected chi connectivity index (χ2v) is 7.03. The molecule has 0 bridgehead atoms. The smallest absolute Gasteiger partial charge is 0.309 e. The molecule has 1 aliphatic rings. The molecule has 0 saturated heterocycles. The third-order valence-corrected chi connectivity index (χ3v) is 5.27. The lowest BCUT2D eigenvalue weighted by Crippen LogP contribution is -2.24. The fourth-order valence-electron chi connectivity index (χ4n) is 3.93. The van der Waals surface area contributed by atoms with Gasteiger partial charge in [-0.25, -0.2) is 0 Å². The minimum absolute atomic E-state index is 0.176. The summed E-state index contributed by atoms with van der Waals surface area (Å²) in [6.07, 6.45) is 1.69. The van der Waals surface area contributed by atoms with Crippen molar-refractivity contribution < 1.29 is 14.6 Å². The molecule has 0 atom stereocenters. The molecule has 0 unspecified atom stereocenters. The summed E-state index contributed by atoms with van der Waals surface area (Å²) < 4.78 is 7.24. The van der Waals surface area contributed by atoms with Crippen LogP contribution in [0.3, 0.4) is 0 Å². The van der Waals surface area contributed by atoms with Crippen molar-refractivity contribution in [2.75, 3.05) is 6.61 Å². The van der Waals surface area contributed by atoms with Gasteiger partial charge in [0, 0.05) is 23.7 Å². The molecule has 0 amide bonds. The van der Waals surface area contributed by atoms with Crippen molar-refractivity contribution in [2.24, 2.45) is 7.05 Å². The summed E-state index contributed by atoms with van der Waals surface area (Å²) in [5.41, 5.74) is 4.26. The van der Waals surface area contributed by atoms with Gasteiger partial charge in [-0.2, -0.15) is 0 Å². The van der Waals surface area contributed by atoms with Crippen LogP contribution in [0.4, 0.5) is 0 Å². The Morgan fingerprint density at radius 3 is 2.70 bits per heavy atom. The molecule has 0 saturated carbocycles. The predicted octanol–water partition coefficient (Wildman–Crippen LogP) is 3.47. The zero-order valence-corrected chi connectivity index (χ0v) is 15.4. The topological polar surface area (TPSA) is 68.5 Å². The van der Waals surface area contributed by atoms with E-state index in [9.17, 15) is 14.7 Å². The van der Waals surface area contributed by atoms with Crippen LogP contribution in [0.15, 0.2) is 41.2 Å². The zero-order chi connectivity index (χ0) is 19.1. The average Bonchev–Trinajstić information content (AvgIpc) is 2.66. The average molecular weight is 363 g/mol. The van der Waals surface area contributed by atoms with Gasteiger partial charge in [-0.3, -0.25) is 9.59 Å². The molecular formula is C22H21NO4. The lowest BCUT2D eigenvalue weighted by molar-refractivity contribution is -0.136. The summed E-state index contributed by atoms with van der Waals surface area (Å²) in [4.78, 5) is 24.3. The van der Waals surface area contributed by atoms with Crippen molar-refractivity contribution in [1.82, 2.24) is 4.57 Å². The number of nitrogens with zero attached hydrogens (tertiary/aromatic N) is 1. The highest BCUT2D eigenvalue weighted by atomic mass is 16.5. The number of rotatable bonds is 3. The maximum Gasteiger partial charge on any atom is 0.309 e. The fourth-order valence-corrected chi connectivity index (χ4v) is 3.93. The van der Waals surface area contributed by atoms with Crippen LogP contribution in [-0.4, -0.2) is 22.2 Å². The quantitative estimate of drug-likeness (QED) is 0.774. The molecule has 0 aliphatic carbocycles. The van der Waals surface area contributed by atoms with Crippen molar-refractivity contribution in [1.29, 1.82) is 0 Å². The van der Waals surface area contributed by atoms with Crippen LogP contribution in [0, 0.1) is 6.92 Å². The van der Waals surface area contributed by atoms with Crippen LogP contribution in [-0.2, 0) is 24.7 Å². The summed E-state index contributed by atoms with van der Waals surface area (Å²) in [5, 5.41) is 10.8. The first-order valence-corrected chi connectivity index (χ1v) is 9.06. The molecule has 2 aromatic carbocycles. The van der Waals surface area contributed by atoms with Crippen molar-refractivity contribution in [3.8, 4) is 16.9 Å². The van der Waals surface area contributed by atoms with Crippen LogP contribution in [0.5, 0.6) is 5.75 Å². The molecule has 3 aromatic rings. The zero-order valence-electron chi connectivity index (χ0n) is 15.4. The number of fused-ring (bicyclic) bond motifs is 2. The molecule has 1 aliphatic heterocycles. The number of ether oxygens (including phenoxy) is 1. The van der Waals surface area contributed by atoms with Crippen LogP contribution in [0.25, 0.3) is 21.9 Å². The van der Waals surface area contributed by atoms with Crippen LogP contribution in [0.1, 0.15) is 23.2 Å². The summed E-state index contributed by atoms with van der Waals surface area (Å²) >= 11 is 0. The predicted molar refractivity (Wildman–Crippen MR) is 105 cm³/mol. The number of carboxylic acids is 1. The number of carbonyl (C=O) groups is 1. The van der Waals surface area contributed by atoms with Crippen LogP contribution in [0.2, 0.25) is 0 Å². The van der Waals surface area contributed by atoms with Gasteiger partial charge in [0.2, 0.25) is 0 Å². The molecule has 27 heavy (non-hydrogen) atoms. The summed E-state index contributed by atoms with van der Waals surface area (Å²) in [6.45, 7) is 2.72. The van der Waals surface area contributed by atoms with Crippen molar-refractivity contribution >= 4 is 16.7 Å². The highest BCUT2D eigenvalue weighted by Gasteiger charge is 2.21. The summed E-state index contributed by atoms with van der Waals surface area (Å²) in [5.74, 6) is -0.0584. The van der Waals surface area contributed by atoms with E-state index in [0.29, 0.717) is 11.1 Å². The Morgan fingerprint density at radius 2 is 1.96 bits per heavy atom. The molecule has 5 nitrogen and oxygen atoms in total. The van der Waals surface area contributed by atoms with E-state index in [2.05, 4.69) is 6.07 Å². The maximum atomic E-state index is 12.8. The Morgan fingerprint density at radius 1 is 1.22 bits per heavy atom. The molecule has 0 fully saturated rings. The largest absolute Gasteiger partial charge is 0.493 e. The third kappa shape index (κ3) is 2.89. The Bertz CT molecular complexity index is 1130. The van der Waals surface area contributed by atoms with E-state index in [4.69, 9.17) is 4.74 Å². The Balaban J connectivity index is 2.11. The van der Waals surface area contributed by atoms with E-state index in [1.54, 1.807) is 13.1 Å². The normalized spacial score (nSPS) is 13.3. The van der Waals surface area contributed by atoms with Gasteiger partial charge in [-0.15, -0.1) is 0 Å². The molecular weight excluding hydrogens is 342 g/mol. The molecule has 4 rings (SSSR count). The molecule has 1 N–H and O–H groups in total. The summed E-state index contributed by atoms with van der Waals surface area (Å²) in [6, 6.07) is 11.5. The van der Waals surface area contributed by atoms with Crippen molar-refractivity contribution in [2.45, 2.75) is 26.2 Å². The van der Waals surface area contributed by atoms with Gasteiger partial charge >= 0.3 is 5.97 Å². The van der Waals surface area contributed by atoms with Gasteiger partial charge in [-0.1, -0.05) is 18.2 Å². The van der Waals surface area contributed by atoms with Crippen molar-refractivity contribution in [3.63, 3.8) is 0 Å². The molecule has 0 radical (unpaired) electrons. The SMILES string of the molecule is Cc1cc2c(cc1-c1c(CC(=O)O)n(C)c(=O)c3ccccc13)CCCO2. The minimum atomic E-state index is -0.958. The maximum absolute atomic E-state index is 12.8. The number of hydrogen-bond donors (Lipinski definition) is 1. The second kappa shape index (κ2) is 6.58. The molecule has 2 heterocycles. The first-order valence-electron chi connectivity index (χ1n) is 9.06. The first kappa shape index (κ1) is 17.3. The van der Waals surface area contributed by atoms with Gasteiger partial charge in [0.05, 0.1) is 13.0 Å². The van der Waals surface area contributed by atoms with E-state index in [1.807, 2.05) is 31.2 Å². The van der Waals surface area contributed by atoms with Gasteiger partial charge in [0.15, 0.2) is 0 Å². The first-order chi connectivity index (χ1) is 13.0. The monoisotopic (exact) mass is 363 g/mol. The molecule has 5 heteroatoms. The standard InChI is InChI=1S/C22H21NO4/c1-13-10-19-14(6-5-9-27-19)11-17(13)21-15-7-3-4-8-16(15)22(26)23(2)18(21)12-20(24)25/h3-4,7-8,10-11H,5-6,9,12H2,1-2H3,(H,24,25). The Hall–Kier alpha value is -3.08. The van der Waals surface area contributed by atoms with Crippen molar-refractivity contribution in [3.05, 3.63) is 63.6 Å². The van der Waals surface area contributed by atoms with E-state index in [0.717, 1.165) is 52.8 Å². The minimum Gasteiger partial charge on any atom is -0.493 e. The van der Waals surface area contributed by atoms with Crippen LogP contribution >= 0.6 is 0 Å². The number of aromatic nitrogens is 1. The number of pyridine rings is 1. The van der Waals surface area contributed by atoms with Gasteiger partial charge in [0.25, 0.3) is 5.56 Å². The van der Waals surface area contributed by atoms with Crippen LogP contribution < -0.4 is 10.3 Å². The van der Waals surface area contributed by atoms with E-state index in [-0.39, 0.29) is 12.0 Å².